The SMILES string of the molecule is COc1nc(-c2ccnc(-c3cccc(Nc4nccc(CNC5CCN(C(C)=O)CC5)c4F)c3Cl)c2Cl)ccc1CNCC1CCC(=O)N1. The van der Waals surface area contributed by atoms with E-state index in [9.17, 15) is 9.59 Å². The zero-order valence-corrected chi connectivity index (χ0v) is 29.4. The van der Waals surface area contributed by atoms with Gasteiger partial charge in [-0.2, -0.15) is 0 Å². The van der Waals surface area contributed by atoms with Crippen molar-refractivity contribution in [2.24, 2.45) is 0 Å². The maximum Gasteiger partial charge on any atom is 0.220 e. The van der Waals surface area contributed by atoms with Crippen molar-refractivity contribution >= 4 is 46.5 Å². The average molecular weight is 722 g/mol. The Bertz CT molecular complexity index is 1870. The molecule has 50 heavy (non-hydrogen) atoms. The predicted octanol–water partition coefficient (Wildman–Crippen LogP) is 5.87. The Morgan fingerprint density at radius 2 is 1.80 bits per heavy atom. The number of benzene rings is 1. The number of rotatable bonds is 12. The van der Waals surface area contributed by atoms with Crippen molar-refractivity contribution in [1.82, 2.24) is 35.8 Å². The van der Waals surface area contributed by atoms with Crippen LogP contribution in [0.3, 0.4) is 0 Å². The number of piperidine rings is 1. The van der Waals surface area contributed by atoms with E-state index in [2.05, 4.69) is 31.2 Å². The first kappa shape index (κ1) is 35.5. The monoisotopic (exact) mass is 720 g/mol. The van der Waals surface area contributed by atoms with Crippen molar-refractivity contribution in [2.45, 2.75) is 57.8 Å². The van der Waals surface area contributed by atoms with Crippen LogP contribution in [0, 0.1) is 5.82 Å². The number of methoxy groups -OCH3 is 1. The lowest BCUT2D eigenvalue weighted by Crippen LogP contribution is -2.44. The molecule has 6 rings (SSSR count). The Hall–Kier alpha value is -4.36. The van der Waals surface area contributed by atoms with E-state index >= 15 is 4.39 Å². The number of nitrogens with one attached hydrogen (secondary N) is 4. The first-order valence-electron chi connectivity index (χ1n) is 16.6. The van der Waals surface area contributed by atoms with E-state index in [1.165, 1.54) is 0 Å². The van der Waals surface area contributed by atoms with Gasteiger partial charge < -0.3 is 30.9 Å². The fourth-order valence-corrected chi connectivity index (χ4v) is 6.84. The molecule has 2 aliphatic heterocycles. The first-order valence-corrected chi connectivity index (χ1v) is 17.3. The van der Waals surface area contributed by atoms with Gasteiger partial charge in [-0.3, -0.25) is 14.6 Å². The molecular formula is C36H39Cl2FN8O3. The first-order chi connectivity index (χ1) is 24.2. The van der Waals surface area contributed by atoms with Crippen LogP contribution >= 0.6 is 23.2 Å². The Morgan fingerprint density at radius 3 is 2.54 bits per heavy atom. The van der Waals surface area contributed by atoms with Gasteiger partial charge in [0.2, 0.25) is 17.7 Å². The molecule has 0 aliphatic carbocycles. The van der Waals surface area contributed by atoms with E-state index in [0.717, 1.165) is 24.8 Å². The molecule has 0 radical (unpaired) electrons. The number of pyridine rings is 3. The number of likely N-dealkylation sites (tertiary alicyclic amines) is 1. The highest BCUT2D eigenvalue weighted by atomic mass is 35.5. The summed E-state index contributed by atoms with van der Waals surface area (Å²) in [6, 6.07) is 12.8. The third-order valence-electron chi connectivity index (χ3n) is 9.09. The van der Waals surface area contributed by atoms with Gasteiger partial charge in [-0.25, -0.2) is 14.4 Å². The molecule has 2 aliphatic rings. The van der Waals surface area contributed by atoms with Crippen molar-refractivity contribution in [2.75, 3.05) is 32.1 Å². The van der Waals surface area contributed by atoms with Crippen molar-refractivity contribution in [3.63, 3.8) is 0 Å². The highest BCUT2D eigenvalue weighted by Gasteiger charge is 2.23. The minimum atomic E-state index is -0.482. The molecule has 14 heteroatoms. The molecule has 2 amide bonds. The average Bonchev–Trinajstić information content (AvgIpc) is 3.54. The molecule has 4 N–H and O–H groups in total. The number of ether oxygens (including phenoxy) is 1. The van der Waals surface area contributed by atoms with Gasteiger partial charge in [-0.15, -0.1) is 0 Å². The van der Waals surface area contributed by atoms with Crippen LogP contribution < -0.4 is 26.0 Å². The summed E-state index contributed by atoms with van der Waals surface area (Å²) in [7, 11) is 1.56. The van der Waals surface area contributed by atoms with Gasteiger partial charge in [0, 0.05) is 92.8 Å². The Morgan fingerprint density at radius 1 is 1.00 bits per heavy atom. The molecule has 0 spiro atoms. The largest absolute Gasteiger partial charge is 0.481 e. The Kier molecular flexibility index (Phi) is 11.4. The molecule has 5 heterocycles. The molecule has 0 bridgehead atoms. The second-order valence-electron chi connectivity index (χ2n) is 12.4. The lowest BCUT2D eigenvalue weighted by Gasteiger charge is -2.31. The summed E-state index contributed by atoms with van der Waals surface area (Å²) in [5.74, 6) is 0.174. The molecule has 11 nitrogen and oxygen atoms in total. The number of carbonyl (C=O) groups is 2. The molecule has 4 aromatic rings. The van der Waals surface area contributed by atoms with Gasteiger partial charge in [0.25, 0.3) is 0 Å². The molecule has 2 saturated heterocycles. The minimum Gasteiger partial charge on any atom is -0.481 e. The van der Waals surface area contributed by atoms with Crippen LogP contribution in [0.4, 0.5) is 15.9 Å². The van der Waals surface area contributed by atoms with E-state index in [1.54, 1.807) is 56.8 Å². The van der Waals surface area contributed by atoms with Gasteiger partial charge in [-0.1, -0.05) is 41.4 Å². The summed E-state index contributed by atoms with van der Waals surface area (Å²) in [5.41, 5.74) is 3.98. The lowest BCUT2D eigenvalue weighted by molar-refractivity contribution is -0.130. The maximum absolute atomic E-state index is 15.7. The smallest absolute Gasteiger partial charge is 0.220 e. The summed E-state index contributed by atoms with van der Waals surface area (Å²) in [5, 5.41) is 13.4. The fraction of sp³-hybridized carbons (Fsp3) is 0.361. The summed E-state index contributed by atoms with van der Waals surface area (Å²) in [4.78, 5) is 38.5. The molecule has 1 atom stereocenters. The molecule has 2 fully saturated rings. The summed E-state index contributed by atoms with van der Waals surface area (Å²) in [6.07, 6.45) is 6.18. The van der Waals surface area contributed by atoms with Crippen LogP contribution in [0.2, 0.25) is 10.0 Å². The molecule has 1 aromatic carbocycles. The van der Waals surface area contributed by atoms with Gasteiger partial charge >= 0.3 is 0 Å². The molecule has 262 valence electrons. The highest BCUT2D eigenvalue weighted by Crippen LogP contribution is 2.41. The predicted molar refractivity (Wildman–Crippen MR) is 192 cm³/mol. The second kappa shape index (κ2) is 16.1. The van der Waals surface area contributed by atoms with Gasteiger partial charge in [0.15, 0.2) is 11.6 Å². The van der Waals surface area contributed by atoms with Crippen LogP contribution in [-0.4, -0.2) is 70.5 Å². The van der Waals surface area contributed by atoms with Crippen LogP contribution in [-0.2, 0) is 22.7 Å². The normalized spacial score (nSPS) is 16.4. The van der Waals surface area contributed by atoms with Crippen molar-refractivity contribution in [1.29, 1.82) is 0 Å². The zero-order valence-electron chi connectivity index (χ0n) is 27.9. The van der Waals surface area contributed by atoms with Crippen molar-refractivity contribution in [3.8, 4) is 28.4 Å². The van der Waals surface area contributed by atoms with Crippen LogP contribution in [0.25, 0.3) is 22.5 Å². The van der Waals surface area contributed by atoms with Crippen LogP contribution in [0.15, 0.2) is 54.9 Å². The highest BCUT2D eigenvalue weighted by molar-refractivity contribution is 6.39. The summed E-state index contributed by atoms with van der Waals surface area (Å²) >= 11 is 13.9. The third-order valence-corrected chi connectivity index (χ3v) is 9.88. The quantitative estimate of drug-likeness (QED) is 0.142. The minimum absolute atomic E-state index is 0.0430. The zero-order chi connectivity index (χ0) is 35.2. The van der Waals surface area contributed by atoms with E-state index in [-0.39, 0.29) is 29.7 Å². The maximum atomic E-state index is 15.7. The van der Waals surface area contributed by atoms with E-state index in [0.29, 0.717) is 88.8 Å². The number of nitrogens with zero attached hydrogens (tertiary/aromatic N) is 4. The van der Waals surface area contributed by atoms with Crippen molar-refractivity contribution in [3.05, 3.63) is 81.8 Å². The van der Waals surface area contributed by atoms with Crippen LogP contribution in [0.5, 0.6) is 5.88 Å². The Balaban J connectivity index is 1.16. The number of halogens is 3. The lowest BCUT2D eigenvalue weighted by atomic mass is 10.0. The second-order valence-corrected chi connectivity index (χ2v) is 13.2. The van der Waals surface area contributed by atoms with Crippen LogP contribution in [0.1, 0.15) is 43.7 Å². The Labute approximate surface area is 300 Å². The number of anilines is 2. The number of aromatic nitrogens is 3. The van der Waals surface area contributed by atoms with Gasteiger partial charge in [0.1, 0.15) is 0 Å². The van der Waals surface area contributed by atoms with Crippen molar-refractivity contribution < 1.29 is 18.7 Å². The van der Waals surface area contributed by atoms with E-state index in [4.69, 9.17) is 32.9 Å². The topological polar surface area (TPSA) is 133 Å². The summed E-state index contributed by atoms with van der Waals surface area (Å²) in [6.45, 7) is 4.45. The molecular weight excluding hydrogens is 682 g/mol. The number of amides is 2. The number of carbonyl (C=O) groups excluding carboxylic acids is 2. The molecule has 1 unspecified atom stereocenters. The number of hydrogen-bond donors (Lipinski definition) is 4. The van der Waals surface area contributed by atoms with E-state index < -0.39 is 5.82 Å². The molecule has 3 aromatic heterocycles. The fourth-order valence-electron chi connectivity index (χ4n) is 6.27. The molecule has 0 saturated carbocycles. The van der Waals surface area contributed by atoms with E-state index in [1.807, 2.05) is 17.0 Å². The summed E-state index contributed by atoms with van der Waals surface area (Å²) < 4.78 is 21.3. The van der Waals surface area contributed by atoms with Gasteiger partial charge in [0.05, 0.1) is 34.2 Å². The third kappa shape index (κ3) is 8.15. The van der Waals surface area contributed by atoms with Gasteiger partial charge in [-0.05, 0) is 43.5 Å². The number of hydrogen-bond acceptors (Lipinski definition) is 9. The standard InChI is InChI=1S/C36H39Cl2FN8O3/c1-21(48)47-16-12-24(13-17-47)43-19-22-10-14-42-35(33(22)39)45-29-5-3-4-27(31(29)37)34-32(38)26(11-15-41-34)28-8-6-23(36(46-28)50-2)18-40-20-25-7-9-30(49)44-25/h3-6,8,10-11,14-15,24-25,40,43H,7,9,12-13,16-20H2,1-2H3,(H,42,45)(H,44,49).